The molecule has 178 valence electrons. The summed E-state index contributed by atoms with van der Waals surface area (Å²) in [6.07, 6.45) is 21.3. The van der Waals surface area contributed by atoms with Crippen molar-refractivity contribution in [3.63, 3.8) is 0 Å². The van der Waals surface area contributed by atoms with Crippen LogP contribution in [0.4, 0.5) is 0 Å². The maximum absolute atomic E-state index is 12.6. The van der Waals surface area contributed by atoms with E-state index in [4.69, 9.17) is 0 Å². The molecule has 1 aliphatic carbocycles. The topological polar surface area (TPSA) is 54.4 Å². The van der Waals surface area contributed by atoms with E-state index in [0.29, 0.717) is 11.1 Å². The average molecular weight is 459 g/mol. The van der Waals surface area contributed by atoms with Crippen LogP contribution in [0.1, 0.15) is 130 Å². The fraction of sp³-hybridized carbons (Fsp3) is 0.643. The van der Waals surface area contributed by atoms with Crippen LogP contribution >= 0.6 is 11.8 Å². The Balaban J connectivity index is 1.44. The third kappa shape index (κ3) is 9.13. The van der Waals surface area contributed by atoms with Gasteiger partial charge in [0.25, 0.3) is 0 Å². The Kier molecular flexibility index (Phi) is 13.5. The van der Waals surface area contributed by atoms with Crippen LogP contribution in [0.5, 0.6) is 0 Å². The smallest absolute Gasteiger partial charge is 0.229 e. The maximum Gasteiger partial charge on any atom is 0.229 e. The molecule has 4 heteroatoms. The predicted octanol–water partition coefficient (Wildman–Crippen LogP) is 8.83. The van der Waals surface area contributed by atoms with Crippen LogP contribution in [0.25, 0.3) is 0 Å². The number of aliphatic hydroxyl groups excluding tert-OH is 1. The summed E-state index contributed by atoms with van der Waals surface area (Å²) in [7, 11) is 0. The molecule has 0 heterocycles. The molecule has 0 unspecified atom stereocenters. The Bertz CT molecular complexity index is 738. The summed E-state index contributed by atoms with van der Waals surface area (Å²) < 4.78 is 0. The molecule has 3 nitrogen and oxygen atoms in total. The van der Waals surface area contributed by atoms with Crippen molar-refractivity contribution in [2.45, 2.75) is 110 Å². The Morgan fingerprint density at radius 2 is 1.03 bits per heavy atom. The highest BCUT2D eigenvalue weighted by molar-refractivity contribution is 8.04. The summed E-state index contributed by atoms with van der Waals surface area (Å²) in [6, 6.07) is 6.73. The first-order valence-electron chi connectivity index (χ1n) is 12.9. The van der Waals surface area contributed by atoms with Crippen molar-refractivity contribution in [2.75, 3.05) is 5.75 Å². The highest BCUT2D eigenvalue weighted by atomic mass is 32.2. The normalized spacial score (nSPS) is 13.7. The number of carbonyl (C=O) groups excluding carboxylic acids is 2. The molecule has 0 aliphatic heterocycles. The zero-order valence-electron chi connectivity index (χ0n) is 20.0. The molecule has 0 saturated carbocycles. The molecule has 1 N–H and O–H groups in total. The van der Waals surface area contributed by atoms with Crippen LogP contribution < -0.4 is 0 Å². The molecule has 1 aromatic rings. The second-order valence-electron chi connectivity index (χ2n) is 9.03. The Morgan fingerprint density at radius 3 is 1.50 bits per heavy atom. The van der Waals surface area contributed by atoms with E-state index in [1.54, 1.807) is 24.3 Å². The SMILES string of the molecule is CCCCCCCCCCCCCCCCCCSC1=C(O)C(=O)c2ccccc2C1=O. The lowest BCUT2D eigenvalue weighted by Gasteiger charge is -2.16. The molecule has 2 rings (SSSR count). The number of benzene rings is 1. The number of Topliss-reactive ketones (excluding diaryl/α,β-unsaturated/α-hetero) is 2. The molecule has 0 saturated heterocycles. The first-order chi connectivity index (χ1) is 15.7. The van der Waals surface area contributed by atoms with Gasteiger partial charge in [0.15, 0.2) is 5.76 Å². The lowest BCUT2D eigenvalue weighted by molar-refractivity contribution is 0.0936. The summed E-state index contributed by atoms with van der Waals surface area (Å²) in [5, 5.41) is 10.2. The van der Waals surface area contributed by atoms with Crippen LogP contribution in [0.2, 0.25) is 0 Å². The molecule has 0 bridgehead atoms. The maximum atomic E-state index is 12.6. The average Bonchev–Trinajstić information content (AvgIpc) is 2.81. The minimum absolute atomic E-state index is 0.217. The second-order valence-corrected chi connectivity index (χ2v) is 10.1. The number of allylic oxidation sites excluding steroid dienone is 2. The van der Waals surface area contributed by atoms with Crippen molar-refractivity contribution in [3.05, 3.63) is 46.1 Å². The molecule has 1 aromatic carbocycles. The van der Waals surface area contributed by atoms with Gasteiger partial charge in [0.05, 0.1) is 0 Å². The summed E-state index contributed by atoms with van der Waals surface area (Å²) in [5.41, 5.74) is 0.714. The Morgan fingerprint density at radius 1 is 0.625 bits per heavy atom. The van der Waals surface area contributed by atoms with Crippen LogP contribution in [-0.4, -0.2) is 22.4 Å². The number of carbonyl (C=O) groups is 2. The lowest BCUT2D eigenvalue weighted by Crippen LogP contribution is -2.20. The summed E-state index contributed by atoms with van der Waals surface area (Å²) in [4.78, 5) is 25.1. The van der Waals surface area contributed by atoms with Crippen LogP contribution in [0.3, 0.4) is 0 Å². The number of hydrogen-bond acceptors (Lipinski definition) is 4. The van der Waals surface area contributed by atoms with Crippen molar-refractivity contribution in [1.82, 2.24) is 0 Å². The molecule has 0 radical (unpaired) electrons. The van der Waals surface area contributed by atoms with Crippen LogP contribution in [0, 0.1) is 0 Å². The van der Waals surface area contributed by atoms with Crippen molar-refractivity contribution in [2.24, 2.45) is 0 Å². The van der Waals surface area contributed by atoms with Gasteiger partial charge in [-0.15, -0.1) is 11.8 Å². The number of rotatable bonds is 18. The third-order valence-electron chi connectivity index (χ3n) is 6.30. The molecule has 0 spiro atoms. The van der Waals surface area contributed by atoms with Crippen LogP contribution in [-0.2, 0) is 0 Å². The molecule has 0 aromatic heterocycles. The molecular formula is C28H42O3S. The highest BCUT2D eigenvalue weighted by Crippen LogP contribution is 2.32. The predicted molar refractivity (Wildman–Crippen MR) is 137 cm³/mol. The zero-order valence-corrected chi connectivity index (χ0v) is 20.8. The summed E-state index contributed by atoms with van der Waals surface area (Å²) >= 11 is 1.33. The molecule has 32 heavy (non-hydrogen) atoms. The van der Waals surface area contributed by atoms with E-state index in [9.17, 15) is 14.7 Å². The fourth-order valence-electron chi connectivity index (χ4n) is 4.30. The first-order valence-corrected chi connectivity index (χ1v) is 13.9. The van der Waals surface area contributed by atoms with Gasteiger partial charge in [-0.1, -0.05) is 128 Å². The molecule has 0 amide bonds. The number of hydrogen-bond donors (Lipinski definition) is 1. The molecule has 1 aliphatic rings. The number of unbranched alkanes of at least 4 members (excludes halogenated alkanes) is 15. The van der Waals surface area contributed by atoms with Gasteiger partial charge in [-0.3, -0.25) is 9.59 Å². The van der Waals surface area contributed by atoms with Gasteiger partial charge in [-0.2, -0.15) is 0 Å². The van der Waals surface area contributed by atoms with Gasteiger partial charge in [0.1, 0.15) is 4.91 Å². The van der Waals surface area contributed by atoms with E-state index in [1.807, 2.05) is 0 Å². The van der Waals surface area contributed by atoms with E-state index in [2.05, 4.69) is 6.92 Å². The van der Waals surface area contributed by atoms with E-state index >= 15 is 0 Å². The van der Waals surface area contributed by atoms with Crippen molar-refractivity contribution in [1.29, 1.82) is 0 Å². The van der Waals surface area contributed by atoms with Gasteiger partial charge >= 0.3 is 0 Å². The first kappa shape index (κ1) is 26.7. The monoisotopic (exact) mass is 458 g/mol. The van der Waals surface area contributed by atoms with Gasteiger partial charge < -0.3 is 5.11 Å². The largest absolute Gasteiger partial charge is 0.503 e. The molecular weight excluding hydrogens is 416 g/mol. The lowest BCUT2D eigenvalue weighted by atomic mass is 9.93. The third-order valence-corrected chi connectivity index (χ3v) is 7.46. The van der Waals surface area contributed by atoms with E-state index in [1.165, 1.54) is 102 Å². The Labute approximate surface area is 199 Å². The number of fused-ring (bicyclic) bond motifs is 1. The van der Waals surface area contributed by atoms with Gasteiger partial charge in [-0.05, 0) is 12.2 Å². The summed E-state index contributed by atoms with van der Waals surface area (Å²) in [6.45, 7) is 2.27. The summed E-state index contributed by atoms with van der Waals surface area (Å²) in [5.74, 6) is -0.275. The van der Waals surface area contributed by atoms with Gasteiger partial charge in [0.2, 0.25) is 11.6 Å². The minimum Gasteiger partial charge on any atom is -0.503 e. The van der Waals surface area contributed by atoms with Gasteiger partial charge in [-0.25, -0.2) is 0 Å². The minimum atomic E-state index is -0.435. The van der Waals surface area contributed by atoms with Gasteiger partial charge in [0, 0.05) is 11.1 Å². The van der Waals surface area contributed by atoms with Crippen molar-refractivity contribution >= 4 is 23.3 Å². The van der Waals surface area contributed by atoms with E-state index < -0.39 is 5.78 Å². The van der Waals surface area contributed by atoms with E-state index in [-0.39, 0.29) is 16.4 Å². The fourth-order valence-corrected chi connectivity index (χ4v) is 5.32. The van der Waals surface area contributed by atoms with Crippen molar-refractivity contribution in [3.8, 4) is 0 Å². The Hall–Kier alpha value is -1.55. The van der Waals surface area contributed by atoms with E-state index in [0.717, 1.165) is 18.6 Å². The highest BCUT2D eigenvalue weighted by Gasteiger charge is 2.31. The quantitative estimate of drug-likeness (QED) is 0.223. The standard InChI is InChI=1S/C28H42O3S/c1-2-3-4-5-6-7-8-9-10-11-12-13-14-15-16-19-22-32-28-26(30)24-21-18-17-20-23(24)25(29)27(28)31/h17-18,20-21,31H,2-16,19,22H2,1H3. The van der Waals surface area contributed by atoms with Crippen LogP contribution in [0.15, 0.2) is 34.9 Å². The zero-order chi connectivity index (χ0) is 23.0. The molecule has 0 fully saturated rings. The van der Waals surface area contributed by atoms with Crippen molar-refractivity contribution < 1.29 is 14.7 Å². The molecule has 0 atom stereocenters. The number of ketones is 2. The number of thioether (sulfide) groups is 1. The number of aliphatic hydroxyl groups is 1. The second kappa shape index (κ2) is 16.1.